The lowest BCUT2D eigenvalue weighted by Crippen LogP contribution is -2.38. The smallest absolute Gasteiger partial charge is 0.251 e. The third-order valence-electron chi connectivity index (χ3n) is 3.33. The van der Waals surface area contributed by atoms with Crippen LogP contribution in [0.5, 0.6) is 0 Å². The summed E-state index contributed by atoms with van der Waals surface area (Å²) in [6.07, 6.45) is 1.07. The molecule has 0 spiro atoms. The number of nitrogens with one attached hydrogen (secondary N) is 1. The van der Waals surface area contributed by atoms with Crippen molar-refractivity contribution in [2.45, 2.75) is 0 Å². The van der Waals surface area contributed by atoms with Gasteiger partial charge in [0.1, 0.15) is 6.07 Å². The second-order valence-corrected chi connectivity index (χ2v) is 6.99. The molecule has 0 saturated carbocycles. The molecule has 7 heteroatoms. The molecule has 2 rings (SSSR count). The zero-order valence-electron chi connectivity index (χ0n) is 13.1. The van der Waals surface area contributed by atoms with Crippen LogP contribution >= 0.6 is 0 Å². The van der Waals surface area contributed by atoms with Crippen LogP contribution in [-0.2, 0) is 10.0 Å². The molecule has 0 aliphatic rings. The number of hydrogen-bond donors (Lipinski definition) is 1. The fraction of sp³-hybridized carbons (Fsp3) is 0.176. The van der Waals surface area contributed by atoms with E-state index in [0.29, 0.717) is 11.3 Å². The Morgan fingerprint density at radius 2 is 1.75 bits per heavy atom. The van der Waals surface area contributed by atoms with E-state index < -0.39 is 10.0 Å². The number of carbonyl (C=O) groups excluding carboxylic acids is 1. The summed E-state index contributed by atoms with van der Waals surface area (Å²) in [7, 11) is -3.58. The van der Waals surface area contributed by atoms with Gasteiger partial charge in [-0.05, 0) is 24.3 Å². The fourth-order valence-corrected chi connectivity index (χ4v) is 3.15. The predicted octanol–water partition coefficient (Wildman–Crippen LogP) is 1.75. The van der Waals surface area contributed by atoms with Crippen molar-refractivity contribution >= 4 is 21.6 Å². The Hall–Kier alpha value is -2.85. The number of nitriles is 1. The monoisotopic (exact) mass is 343 g/mol. The van der Waals surface area contributed by atoms with Crippen molar-refractivity contribution in [1.29, 1.82) is 5.26 Å². The Balaban J connectivity index is 2.12. The van der Waals surface area contributed by atoms with E-state index in [9.17, 15) is 13.2 Å². The van der Waals surface area contributed by atoms with Gasteiger partial charge in [0, 0.05) is 12.1 Å². The van der Waals surface area contributed by atoms with Crippen molar-refractivity contribution in [3.63, 3.8) is 0 Å². The lowest BCUT2D eigenvalue weighted by Gasteiger charge is -2.23. The molecule has 0 heterocycles. The molecule has 0 atom stereocenters. The Labute approximate surface area is 141 Å². The zero-order chi connectivity index (χ0) is 17.6. The van der Waals surface area contributed by atoms with Crippen molar-refractivity contribution in [3.05, 3.63) is 65.7 Å². The van der Waals surface area contributed by atoms with Gasteiger partial charge in [-0.25, -0.2) is 8.42 Å². The minimum Gasteiger partial charge on any atom is -0.350 e. The maximum Gasteiger partial charge on any atom is 0.251 e. The minimum absolute atomic E-state index is 0.0378. The molecule has 0 aliphatic carbocycles. The van der Waals surface area contributed by atoms with Gasteiger partial charge in [-0.15, -0.1) is 0 Å². The average molecular weight is 343 g/mol. The molecular formula is C17H17N3O3S. The van der Waals surface area contributed by atoms with Gasteiger partial charge in [-0.1, -0.05) is 30.3 Å². The first kappa shape index (κ1) is 17.5. The first-order chi connectivity index (χ1) is 11.4. The second-order valence-electron chi connectivity index (χ2n) is 5.09. The number of hydrogen-bond acceptors (Lipinski definition) is 4. The Bertz CT molecular complexity index is 858. The number of rotatable bonds is 6. The molecule has 2 aromatic rings. The number of carbonyl (C=O) groups is 1. The highest BCUT2D eigenvalue weighted by Gasteiger charge is 2.20. The summed E-state index contributed by atoms with van der Waals surface area (Å²) in [6, 6.07) is 17.1. The van der Waals surface area contributed by atoms with Crippen LogP contribution in [0.1, 0.15) is 15.9 Å². The van der Waals surface area contributed by atoms with E-state index in [1.54, 1.807) is 54.6 Å². The van der Waals surface area contributed by atoms with Gasteiger partial charge in [-0.2, -0.15) is 5.26 Å². The SMILES string of the molecule is CS(=O)(=O)N(CCNC(=O)c1ccccc1)c1ccccc1C#N. The number of para-hydroxylation sites is 1. The quantitative estimate of drug-likeness (QED) is 0.865. The van der Waals surface area contributed by atoms with E-state index in [0.717, 1.165) is 10.6 Å². The topological polar surface area (TPSA) is 90.3 Å². The Kier molecular flexibility index (Phi) is 5.55. The first-order valence-corrected chi connectivity index (χ1v) is 9.08. The third kappa shape index (κ3) is 4.33. The highest BCUT2D eigenvalue weighted by Crippen LogP contribution is 2.21. The van der Waals surface area contributed by atoms with Crippen LogP contribution in [-0.4, -0.2) is 33.7 Å². The summed E-state index contributed by atoms with van der Waals surface area (Å²) >= 11 is 0. The minimum atomic E-state index is -3.58. The van der Waals surface area contributed by atoms with E-state index in [-0.39, 0.29) is 24.6 Å². The summed E-state index contributed by atoms with van der Waals surface area (Å²) in [5.41, 5.74) is 1.06. The van der Waals surface area contributed by atoms with E-state index in [2.05, 4.69) is 5.32 Å². The average Bonchev–Trinajstić information content (AvgIpc) is 2.58. The first-order valence-electron chi connectivity index (χ1n) is 7.23. The summed E-state index contributed by atoms with van der Waals surface area (Å²) < 4.78 is 25.2. The van der Waals surface area contributed by atoms with Crippen LogP contribution in [0.3, 0.4) is 0 Å². The van der Waals surface area contributed by atoms with Gasteiger partial charge in [0.2, 0.25) is 10.0 Å². The molecule has 1 amide bonds. The van der Waals surface area contributed by atoms with E-state index >= 15 is 0 Å². The Morgan fingerprint density at radius 3 is 2.38 bits per heavy atom. The van der Waals surface area contributed by atoms with Gasteiger partial charge in [0.15, 0.2) is 0 Å². The molecule has 0 unspecified atom stereocenters. The fourth-order valence-electron chi connectivity index (χ4n) is 2.21. The van der Waals surface area contributed by atoms with Gasteiger partial charge >= 0.3 is 0 Å². The van der Waals surface area contributed by atoms with Gasteiger partial charge in [0.05, 0.1) is 24.1 Å². The number of amides is 1. The maximum atomic E-state index is 12.0. The highest BCUT2D eigenvalue weighted by molar-refractivity contribution is 7.92. The van der Waals surface area contributed by atoms with Crippen molar-refractivity contribution in [2.24, 2.45) is 0 Å². The number of sulfonamides is 1. The van der Waals surface area contributed by atoms with Crippen molar-refractivity contribution in [1.82, 2.24) is 5.32 Å². The van der Waals surface area contributed by atoms with Gasteiger partial charge < -0.3 is 5.32 Å². The molecule has 124 valence electrons. The van der Waals surface area contributed by atoms with E-state index in [4.69, 9.17) is 5.26 Å². The third-order valence-corrected chi connectivity index (χ3v) is 4.51. The maximum absolute atomic E-state index is 12.0. The van der Waals surface area contributed by atoms with E-state index in [1.807, 2.05) is 6.07 Å². The molecular weight excluding hydrogens is 326 g/mol. The van der Waals surface area contributed by atoms with Crippen LogP contribution in [0.15, 0.2) is 54.6 Å². The Morgan fingerprint density at radius 1 is 1.12 bits per heavy atom. The molecule has 0 fully saturated rings. The molecule has 24 heavy (non-hydrogen) atoms. The van der Waals surface area contributed by atoms with Crippen LogP contribution in [0.25, 0.3) is 0 Å². The van der Waals surface area contributed by atoms with Crippen molar-refractivity contribution < 1.29 is 13.2 Å². The summed E-state index contributed by atoms with van der Waals surface area (Å²) in [4.78, 5) is 12.0. The lowest BCUT2D eigenvalue weighted by atomic mass is 10.2. The molecule has 0 bridgehead atoms. The second kappa shape index (κ2) is 7.62. The lowest BCUT2D eigenvalue weighted by molar-refractivity contribution is 0.0955. The van der Waals surface area contributed by atoms with Crippen LogP contribution in [0.2, 0.25) is 0 Å². The van der Waals surface area contributed by atoms with Crippen molar-refractivity contribution in [2.75, 3.05) is 23.7 Å². The molecule has 6 nitrogen and oxygen atoms in total. The molecule has 2 aromatic carbocycles. The molecule has 0 aromatic heterocycles. The molecule has 0 aliphatic heterocycles. The number of anilines is 1. The van der Waals surface area contributed by atoms with Crippen LogP contribution in [0, 0.1) is 11.3 Å². The summed E-state index contributed by atoms with van der Waals surface area (Å²) in [5, 5.41) is 11.8. The summed E-state index contributed by atoms with van der Waals surface area (Å²) in [6.45, 7) is 0.163. The molecule has 0 saturated heterocycles. The summed E-state index contributed by atoms with van der Waals surface area (Å²) in [5.74, 6) is -0.280. The number of nitrogens with zero attached hydrogens (tertiary/aromatic N) is 2. The zero-order valence-corrected chi connectivity index (χ0v) is 14.0. The normalized spacial score (nSPS) is 10.7. The molecule has 0 radical (unpaired) electrons. The standard InChI is InChI=1S/C17H17N3O3S/c1-24(22,23)20(16-10-6-5-9-15(16)13-18)12-11-19-17(21)14-7-3-2-4-8-14/h2-10H,11-12H2,1H3,(H,19,21). The largest absolute Gasteiger partial charge is 0.350 e. The van der Waals surface area contributed by atoms with Gasteiger partial charge in [-0.3, -0.25) is 9.10 Å². The van der Waals surface area contributed by atoms with Crippen LogP contribution in [0.4, 0.5) is 5.69 Å². The predicted molar refractivity (Wildman–Crippen MR) is 92.1 cm³/mol. The number of benzene rings is 2. The highest BCUT2D eigenvalue weighted by atomic mass is 32.2. The molecule has 1 N–H and O–H groups in total. The van der Waals surface area contributed by atoms with E-state index in [1.165, 1.54) is 0 Å². The van der Waals surface area contributed by atoms with Crippen LogP contribution < -0.4 is 9.62 Å². The van der Waals surface area contributed by atoms with Gasteiger partial charge in [0.25, 0.3) is 5.91 Å². The van der Waals surface area contributed by atoms with Crippen molar-refractivity contribution in [3.8, 4) is 6.07 Å².